The van der Waals surface area contributed by atoms with Crippen LogP contribution in [0.3, 0.4) is 0 Å². The van der Waals surface area contributed by atoms with Crippen molar-refractivity contribution in [3.8, 4) is 11.3 Å². The van der Waals surface area contributed by atoms with E-state index in [0.29, 0.717) is 12.1 Å². The predicted octanol–water partition coefficient (Wildman–Crippen LogP) is 3.18. The molecule has 0 bridgehead atoms. The third-order valence-electron chi connectivity index (χ3n) is 2.65. The number of benzene rings is 1. The van der Waals surface area contributed by atoms with Gasteiger partial charge in [0.15, 0.2) is 0 Å². The van der Waals surface area contributed by atoms with Gasteiger partial charge in [0.2, 0.25) is 0 Å². The highest BCUT2D eigenvalue weighted by Crippen LogP contribution is 2.30. The second kappa shape index (κ2) is 5.38. The maximum absolute atomic E-state index is 13.1. The Morgan fingerprint density at radius 3 is 2.83 bits per heavy atom. The van der Waals surface area contributed by atoms with E-state index in [2.05, 4.69) is 20.9 Å². The lowest BCUT2D eigenvalue weighted by Gasteiger charge is -2.01. The maximum atomic E-state index is 13.1. The highest BCUT2D eigenvalue weighted by molar-refractivity contribution is 9.10. The number of aliphatic hydroxyl groups excluding tert-OH is 1. The average molecular weight is 334 g/mol. The van der Waals surface area contributed by atoms with Crippen LogP contribution in [0, 0.1) is 5.82 Å². The van der Waals surface area contributed by atoms with Gasteiger partial charge in [-0.1, -0.05) is 11.6 Å². The molecule has 0 spiro atoms. The van der Waals surface area contributed by atoms with E-state index in [1.165, 1.54) is 12.1 Å². The number of hydrogen-bond acceptors (Lipinski definition) is 2. The molecule has 1 heterocycles. The first-order valence-corrected chi connectivity index (χ1v) is 6.49. The number of imidazole rings is 1. The molecule has 1 N–H and O–H groups in total. The minimum Gasteiger partial charge on any atom is -0.396 e. The highest BCUT2D eigenvalue weighted by atomic mass is 79.9. The first kappa shape index (κ1) is 13.5. The molecule has 0 aliphatic heterocycles. The van der Waals surface area contributed by atoms with E-state index in [4.69, 9.17) is 16.7 Å². The SMILES string of the molecule is Cn1c(CCO)nc(-c2ccc(F)c(Cl)c2)c1Br. The van der Waals surface area contributed by atoms with Gasteiger partial charge in [-0.15, -0.1) is 0 Å². The summed E-state index contributed by atoms with van der Waals surface area (Å²) in [7, 11) is 1.84. The van der Waals surface area contributed by atoms with Crippen LogP contribution in [-0.4, -0.2) is 21.3 Å². The molecule has 3 nitrogen and oxygen atoms in total. The molecule has 0 aliphatic rings. The summed E-state index contributed by atoms with van der Waals surface area (Å²) < 4.78 is 15.7. The predicted molar refractivity (Wildman–Crippen MR) is 72.1 cm³/mol. The van der Waals surface area contributed by atoms with Crippen molar-refractivity contribution in [2.24, 2.45) is 7.05 Å². The summed E-state index contributed by atoms with van der Waals surface area (Å²) in [5.41, 5.74) is 1.41. The molecule has 18 heavy (non-hydrogen) atoms. The molecule has 1 aromatic heterocycles. The molecule has 0 aliphatic carbocycles. The van der Waals surface area contributed by atoms with Gasteiger partial charge in [-0.3, -0.25) is 0 Å². The number of aliphatic hydroxyl groups is 1. The first-order valence-electron chi connectivity index (χ1n) is 5.32. The van der Waals surface area contributed by atoms with Crippen LogP contribution < -0.4 is 0 Å². The Kier molecular flexibility index (Phi) is 4.04. The van der Waals surface area contributed by atoms with Crippen LogP contribution in [0.15, 0.2) is 22.8 Å². The molecule has 0 unspecified atom stereocenters. The lowest BCUT2D eigenvalue weighted by atomic mass is 10.2. The summed E-state index contributed by atoms with van der Waals surface area (Å²) in [6, 6.07) is 4.47. The van der Waals surface area contributed by atoms with Gasteiger partial charge in [-0.2, -0.15) is 0 Å². The van der Waals surface area contributed by atoms with E-state index >= 15 is 0 Å². The smallest absolute Gasteiger partial charge is 0.141 e. The molecule has 0 radical (unpaired) electrons. The van der Waals surface area contributed by atoms with E-state index in [1.54, 1.807) is 6.07 Å². The van der Waals surface area contributed by atoms with Gasteiger partial charge in [-0.25, -0.2) is 9.37 Å². The summed E-state index contributed by atoms with van der Waals surface area (Å²) in [4.78, 5) is 4.42. The van der Waals surface area contributed by atoms with Crippen LogP contribution in [0.2, 0.25) is 5.02 Å². The van der Waals surface area contributed by atoms with Crippen molar-refractivity contribution in [2.75, 3.05) is 6.61 Å². The number of nitrogens with zero attached hydrogens (tertiary/aromatic N) is 2. The Morgan fingerprint density at radius 1 is 1.50 bits per heavy atom. The molecular weight excluding hydrogens is 322 g/mol. The Labute approximate surface area is 117 Å². The lowest BCUT2D eigenvalue weighted by molar-refractivity contribution is 0.295. The standard InChI is InChI=1S/C12H11BrClFN2O/c1-17-10(4-5-18)16-11(12(17)13)7-2-3-9(15)8(14)6-7/h2-3,6,18H,4-5H2,1H3. The zero-order valence-corrected chi connectivity index (χ0v) is 12.0. The fourth-order valence-corrected chi connectivity index (χ4v) is 2.38. The molecule has 2 aromatic rings. The molecule has 1 aromatic carbocycles. The van der Waals surface area contributed by atoms with Crippen LogP contribution in [0.25, 0.3) is 11.3 Å². The number of halogens is 3. The van der Waals surface area contributed by atoms with E-state index in [9.17, 15) is 4.39 Å². The summed E-state index contributed by atoms with van der Waals surface area (Å²) in [6.07, 6.45) is 0.462. The maximum Gasteiger partial charge on any atom is 0.141 e. The number of aromatic nitrogens is 2. The van der Waals surface area contributed by atoms with Gasteiger partial charge in [0.05, 0.1) is 11.6 Å². The number of rotatable bonds is 3. The van der Waals surface area contributed by atoms with Crippen molar-refractivity contribution < 1.29 is 9.50 Å². The van der Waals surface area contributed by atoms with Crippen LogP contribution >= 0.6 is 27.5 Å². The molecule has 96 valence electrons. The van der Waals surface area contributed by atoms with Crippen LogP contribution in [0.1, 0.15) is 5.82 Å². The van der Waals surface area contributed by atoms with Crippen molar-refractivity contribution >= 4 is 27.5 Å². The zero-order chi connectivity index (χ0) is 13.3. The Balaban J connectivity index is 2.50. The molecule has 6 heteroatoms. The monoisotopic (exact) mass is 332 g/mol. The van der Waals surface area contributed by atoms with E-state index in [0.717, 1.165) is 16.0 Å². The van der Waals surface area contributed by atoms with E-state index < -0.39 is 5.82 Å². The summed E-state index contributed by atoms with van der Waals surface area (Å²) in [5.74, 6) is 0.294. The zero-order valence-electron chi connectivity index (χ0n) is 9.62. The van der Waals surface area contributed by atoms with E-state index in [1.807, 2.05) is 11.6 Å². The molecule has 0 amide bonds. The summed E-state index contributed by atoms with van der Waals surface area (Å²) in [5, 5.41) is 9.02. The Morgan fingerprint density at radius 2 is 2.22 bits per heavy atom. The third kappa shape index (κ3) is 2.43. The largest absolute Gasteiger partial charge is 0.396 e. The molecule has 2 rings (SSSR count). The van der Waals surface area contributed by atoms with Crippen LogP contribution in [0.4, 0.5) is 4.39 Å². The minimum atomic E-state index is -0.456. The minimum absolute atomic E-state index is 0.0287. The fourth-order valence-electron chi connectivity index (χ4n) is 1.67. The normalized spacial score (nSPS) is 10.9. The van der Waals surface area contributed by atoms with Crippen molar-refractivity contribution in [3.05, 3.63) is 39.5 Å². The third-order valence-corrected chi connectivity index (χ3v) is 3.84. The van der Waals surface area contributed by atoms with Crippen molar-refractivity contribution in [3.63, 3.8) is 0 Å². The topological polar surface area (TPSA) is 38.0 Å². The molecular formula is C12H11BrClFN2O. The van der Waals surface area contributed by atoms with Crippen molar-refractivity contribution in [1.29, 1.82) is 0 Å². The molecule has 0 saturated heterocycles. The second-order valence-corrected chi connectivity index (χ2v) is 4.99. The first-order chi connectivity index (χ1) is 8.54. The van der Waals surface area contributed by atoms with Gasteiger partial charge < -0.3 is 9.67 Å². The molecule has 0 fully saturated rings. The van der Waals surface area contributed by atoms with Gasteiger partial charge in [0, 0.05) is 19.0 Å². The Bertz CT molecular complexity index is 586. The van der Waals surface area contributed by atoms with Gasteiger partial charge in [0.1, 0.15) is 21.9 Å². The second-order valence-electron chi connectivity index (χ2n) is 3.83. The van der Waals surface area contributed by atoms with Gasteiger partial charge >= 0.3 is 0 Å². The van der Waals surface area contributed by atoms with Gasteiger partial charge in [-0.05, 0) is 34.1 Å². The molecule has 0 saturated carbocycles. The lowest BCUT2D eigenvalue weighted by Crippen LogP contribution is -2.00. The average Bonchev–Trinajstić information content (AvgIpc) is 2.62. The van der Waals surface area contributed by atoms with Crippen LogP contribution in [0.5, 0.6) is 0 Å². The number of hydrogen-bond donors (Lipinski definition) is 1. The van der Waals surface area contributed by atoms with Crippen LogP contribution in [-0.2, 0) is 13.5 Å². The van der Waals surface area contributed by atoms with E-state index in [-0.39, 0.29) is 11.6 Å². The van der Waals surface area contributed by atoms with Gasteiger partial charge in [0.25, 0.3) is 0 Å². The molecule has 0 atom stereocenters. The summed E-state index contributed by atoms with van der Waals surface area (Å²) in [6.45, 7) is 0.0287. The fraction of sp³-hybridized carbons (Fsp3) is 0.250. The quantitative estimate of drug-likeness (QED) is 0.937. The summed E-state index contributed by atoms with van der Waals surface area (Å²) >= 11 is 9.19. The highest BCUT2D eigenvalue weighted by Gasteiger charge is 2.14. The Hall–Kier alpha value is -0.910. The van der Waals surface area contributed by atoms with Crippen molar-refractivity contribution in [1.82, 2.24) is 9.55 Å². The van der Waals surface area contributed by atoms with Crippen molar-refractivity contribution in [2.45, 2.75) is 6.42 Å².